The first kappa shape index (κ1) is 20.2. The summed E-state index contributed by atoms with van der Waals surface area (Å²) in [4.78, 5) is 17.8. The number of methoxy groups -OCH3 is 2. The molecule has 3 aromatic rings. The zero-order valence-electron chi connectivity index (χ0n) is 16.2. The SMILES string of the molecule is CCCCc1nnc(NC(=O)c2sc(-c3ccc(OC)c(OC)c3)nc2C)s1. The van der Waals surface area contributed by atoms with Gasteiger partial charge in [0.1, 0.15) is 14.9 Å². The molecule has 148 valence electrons. The number of anilines is 1. The van der Waals surface area contributed by atoms with E-state index in [0.29, 0.717) is 27.2 Å². The van der Waals surface area contributed by atoms with Crippen molar-refractivity contribution in [2.45, 2.75) is 33.1 Å². The summed E-state index contributed by atoms with van der Waals surface area (Å²) < 4.78 is 10.6. The molecule has 3 rings (SSSR count). The van der Waals surface area contributed by atoms with Gasteiger partial charge in [-0.05, 0) is 31.5 Å². The van der Waals surface area contributed by atoms with Gasteiger partial charge in [-0.3, -0.25) is 10.1 Å². The number of aromatic nitrogens is 3. The van der Waals surface area contributed by atoms with Gasteiger partial charge in [-0.25, -0.2) is 4.98 Å². The number of aryl methyl sites for hydroxylation is 2. The van der Waals surface area contributed by atoms with E-state index in [1.54, 1.807) is 14.2 Å². The second kappa shape index (κ2) is 9.11. The first-order chi connectivity index (χ1) is 13.5. The van der Waals surface area contributed by atoms with E-state index in [1.807, 2.05) is 25.1 Å². The van der Waals surface area contributed by atoms with Gasteiger partial charge >= 0.3 is 0 Å². The largest absolute Gasteiger partial charge is 0.493 e. The van der Waals surface area contributed by atoms with Gasteiger partial charge in [0.2, 0.25) is 5.13 Å². The molecule has 0 aliphatic rings. The quantitative estimate of drug-likeness (QED) is 0.576. The van der Waals surface area contributed by atoms with Crippen molar-refractivity contribution < 1.29 is 14.3 Å². The molecule has 0 unspecified atom stereocenters. The molecule has 0 radical (unpaired) electrons. The molecule has 0 atom stereocenters. The summed E-state index contributed by atoms with van der Waals surface area (Å²) in [6, 6.07) is 5.57. The van der Waals surface area contributed by atoms with E-state index in [2.05, 4.69) is 27.4 Å². The minimum absolute atomic E-state index is 0.222. The van der Waals surface area contributed by atoms with Crippen LogP contribution in [0.3, 0.4) is 0 Å². The Morgan fingerprint density at radius 1 is 1.14 bits per heavy atom. The van der Waals surface area contributed by atoms with Crippen molar-refractivity contribution in [3.8, 4) is 22.1 Å². The fourth-order valence-corrected chi connectivity index (χ4v) is 4.32. The molecule has 0 aliphatic carbocycles. The summed E-state index contributed by atoms with van der Waals surface area (Å²) in [5.41, 5.74) is 1.53. The van der Waals surface area contributed by atoms with E-state index in [4.69, 9.17) is 9.47 Å². The van der Waals surface area contributed by atoms with Crippen LogP contribution >= 0.6 is 22.7 Å². The smallest absolute Gasteiger partial charge is 0.269 e. The number of nitrogens with zero attached hydrogens (tertiary/aromatic N) is 3. The molecule has 0 spiro atoms. The predicted octanol–water partition coefficient (Wildman–Crippen LogP) is 4.58. The van der Waals surface area contributed by atoms with Gasteiger partial charge in [0.15, 0.2) is 11.5 Å². The Kier molecular flexibility index (Phi) is 6.58. The summed E-state index contributed by atoms with van der Waals surface area (Å²) in [5.74, 6) is 1.04. The number of rotatable bonds is 8. The first-order valence-electron chi connectivity index (χ1n) is 8.89. The van der Waals surface area contributed by atoms with Crippen LogP contribution in [-0.2, 0) is 6.42 Å². The average molecular weight is 419 g/mol. The van der Waals surface area contributed by atoms with Crippen LogP contribution in [0.2, 0.25) is 0 Å². The molecule has 28 heavy (non-hydrogen) atoms. The van der Waals surface area contributed by atoms with Crippen molar-refractivity contribution in [3.05, 3.63) is 33.8 Å². The molecule has 0 saturated carbocycles. The van der Waals surface area contributed by atoms with Crippen molar-refractivity contribution in [3.63, 3.8) is 0 Å². The van der Waals surface area contributed by atoms with Crippen molar-refractivity contribution in [2.24, 2.45) is 0 Å². The van der Waals surface area contributed by atoms with Gasteiger partial charge in [0.25, 0.3) is 5.91 Å². The number of hydrogen-bond acceptors (Lipinski definition) is 8. The molecular formula is C19H22N4O3S2. The molecule has 2 heterocycles. The lowest BCUT2D eigenvalue weighted by Crippen LogP contribution is -2.11. The summed E-state index contributed by atoms with van der Waals surface area (Å²) in [5, 5.41) is 13.2. The second-order valence-corrected chi connectivity index (χ2v) is 8.12. The number of carbonyl (C=O) groups is 1. The van der Waals surface area contributed by atoms with Crippen molar-refractivity contribution in [1.29, 1.82) is 0 Å². The third-order valence-electron chi connectivity index (χ3n) is 4.06. The van der Waals surface area contributed by atoms with E-state index in [-0.39, 0.29) is 5.91 Å². The first-order valence-corrected chi connectivity index (χ1v) is 10.5. The Morgan fingerprint density at radius 2 is 1.93 bits per heavy atom. The highest BCUT2D eigenvalue weighted by Crippen LogP contribution is 2.35. The van der Waals surface area contributed by atoms with E-state index >= 15 is 0 Å². The second-order valence-electron chi connectivity index (χ2n) is 6.06. The molecule has 7 nitrogen and oxygen atoms in total. The summed E-state index contributed by atoms with van der Waals surface area (Å²) in [6.45, 7) is 3.95. The number of unbranched alkanes of at least 4 members (excludes halogenated alkanes) is 1. The number of amides is 1. The zero-order valence-corrected chi connectivity index (χ0v) is 17.9. The van der Waals surface area contributed by atoms with Crippen LogP contribution < -0.4 is 14.8 Å². The molecule has 1 amide bonds. The van der Waals surface area contributed by atoms with Gasteiger partial charge in [-0.1, -0.05) is 24.7 Å². The van der Waals surface area contributed by atoms with Crippen LogP contribution in [0.4, 0.5) is 5.13 Å². The number of benzene rings is 1. The van der Waals surface area contributed by atoms with Gasteiger partial charge in [0.05, 0.1) is 19.9 Å². The number of thiazole rings is 1. The van der Waals surface area contributed by atoms with Crippen molar-refractivity contribution in [2.75, 3.05) is 19.5 Å². The molecule has 0 saturated heterocycles. The number of ether oxygens (including phenoxy) is 2. The predicted molar refractivity (Wildman–Crippen MR) is 112 cm³/mol. The maximum absolute atomic E-state index is 12.7. The molecule has 0 fully saturated rings. The Bertz CT molecular complexity index is 968. The van der Waals surface area contributed by atoms with E-state index in [9.17, 15) is 4.79 Å². The fourth-order valence-electron chi connectivity index (χ4n) is 2.59. The van der Waals surface area contributed by atoms with Crippen LogP contribution in [0, 0.1) is 6.92 Å². The third kappa shape index (κ3) is 4.48. The third-order valence-corrected chi connectivity index (χ3v) is 6.17. The van der Waals surface area contributed by atoms with E-state index < -0.39 is 0 Å². The molecule has 1 aromatic carbocycles. The van der Waals surface area contributed by atoms with E-state index in [0.717, 1.165) is 34.8 Å². The molecule has 0 aliphatic heterocycles. The van der Waals surface area contributed by atoms with Crippen LogP contribution in [0.1, 0.15) is 40.1 Å². The van der Waals surface area contributed by atoms with Gasteiger partial charge in [0, 0.05) is 12.0 Å². The Labute approximate surface area is 171 Å². The molecule has 2 aromatic heterocycles. The lowest BCUT2D eigenvalue weighted by atomic mass is 10.2. The topological polar surface area (TPSA) is 86.2 Å². The van der Waals surface area contributed by atoms with Crippen LogP contribution in [0.15, 0.2) is 18.2 Å². The van der Waals surface area contributed by atoms with Crippen molar-refractivity contribution in [1.82, 2.24) is 15.2 Å². The zero-order chi connectivity index (χ0) is 20.1. The monoisotopic (exact) mass is 418 g/mol. The molecular weight excluding hydrogens is 396 g/mol. The summed E-state index contributed by atoms with van der Waals surface area (Å²) >= 11 is 2.74. The summed E-state index contributed by atoms with van der Waals surface area (Å²) in [6.07, 6.45) is 3.04. The lowest BCUT2D eigenvalue weighted by molar-refractivity contribution is 0.102. The maximum atomic E-state index is 12.7. The minimum Gasteiger partial charge on any atom is -0.493 e. The Morgan fingerprint density at radius 3 is 2.64 bits per heavy atom. The molecule has 0 bridgehead atoms. The Hall–Kier alpha value is -2.52. The van der Waals surface area contributed by atoms with Crippen molar-refractivity contribution >= 4 is 33.7 Å². The number of hydrogen-bond donors (Lipinski definition) is 1. The van der Waals surface area contributed by atoms with Gasteiger partial charge < -0.3 is 9.47 Å². The van der Waals surface area contributed by atoms with Gasteiger partial charge in [-0.2, -0.15) is 0 Å². The summed E-state index contributed by atoms with van der Waals surface area (Å²) in [7, 11) is 3.18. The van der Waals surface area contributed by atoms with Gasteiger partial charge in [-0.15, -0.1) is 21.5 Å². The van der Waals surface area contributed by atoms with Crippen LogP contribution in [0.25, 0.3) is 10.6 Å². The number of nitrogens with one attached hydrogen (secondary N) is 1. The van der Waals surface area contributed by atoms with Crippen LogP contribution in [-0.4, -0.2) is 35.3 Å². The highest BCUT2D eigenvalue weighted by Gasteiger charge is 2.19. The lowest BCUT2D eigenvalue weighted by Gasteiger charge is -2.08. The standard InChI is InChI=1S/C19H22N4O3S2/c1-5-6-7-15-22-23-19(27-15)21-17(24)16-11(2)20-18(28-16)12-8-9-13(25-3)14(10-12)26-4/h8-10H,5-7H2,1-4H3,(H,21,23,24). The van der Waals surface area contributed by atoms with Crippen LogP contribution in [0.5, 0.6) is 11.5 Å². The Balaban J connectivity index is 1.78. The molecule has 1 N–H and O–H groups in total. The normalized spacial score (nSPS) is 10.7. The maximum Gasteiger partial charge on any atom is 0.269 e. The molecule has 9 heteroatoms. The fraction of sp³-hybridized carbons (Fsp3) is 0.368. The van der Waals surface area contributed by atoms with E-state index in [1.165, 1.54) is 22.7 Å². The highest BCUT2D eigenvalue weighted by atomic mass is 32.1. The minimum atomic E-state index is -0.222. The highest BCUT2D eigenvalue weighted by molar-refractivity contribution is 7.17. The average Bonchev–Trinajstić information content (AvgIpc) is 3.32. The number of carbonyl (C=O) groups excluding carboxylic acids is 1.